The van der Waals surface area contributed by atoms with E-state index in [2.05, 4.69) is 0 Å². The Morgan fingerprint density at radius 2 is 1.62 bits per heavy atom. The van der Waals surface area contributed by atoms with Crippen molar-refractivity contribution >= 4 is 41.0 Å². The molecule has 0 atom stereocenters. The van der Waals surface area contributed by atoms with E-state index in [0.29, 0.717) is 5.70 Å². The first-order chi connectivity index (χ1) is 11.0. The number of ketones is 1. The molecule has 0 bridgehead atoms. The molecule has 134 valence electrons. The molecule has 0 fully saturated rings. The van der Waals surface area contributed by atoms with Gasteiger partial charge in [0.25, 0.3) is 5.70 Å². The molecule has 7 heteroatoms. The van der Waals surface area contributed by atoms with Crippen molar-refractivity contribution in [1.29, 1.82) is 0 Å². The molecule has 0 aliphatic carbocycles. The van der Waals surface area contributed by atoms with Crippen LogP contribution in [0, 0.1) is 6.92 Å². The van der Waals surface area contributed by atoms with Crippen LogP contribution in [-0.2, 0) is 14.3 Å². The van der Waals surface area contributed by atoms with Crippen molar-refractivity contribution in [3.8, 4) is 0 Å². The molecule has 0 aliphatic heterocycles. The Labute approximate surface area is 169 Å². The van der Waals surface area contributed by atoms with Crippen molar-refractivity contribution in [1.82, 2.24) is 0 Å². The first-order valence-corrected chi connectivity index (χ1v) is 9.67. The number of aromatic nitrogens is 1. The quantitative estimate of drug-likeness (QED) is 0.169. The van der Waals surface area contributed by atoms with Crippen molar-refractivity contribution in [2.45, 2.75) is 34.1 Å². The third kappa shape index (κ3) is 7.57. The highest BCUT2D eigenvalue weighted by molar-refractivity contribution is 8.22. The van der Waals surface area contributed by atoms with Crippen LogP contribution in [0.3, 0.4) is 0 Å². The van der Waals surface area contributed by atoms with E-state index in [0.717, 1.165) is 21.3 Å². The molecular formula is C17H24INO3S2. The minimum Gasteiger partial charge on any atom is -1.00 e. The molecule has 24 heavy (non-hydrogen) atoms. The number of carbonyl (C=O) groups is 2. The lowest BCUT2D eigenvalue weighted by atomic mass is 10.2. The van der Waals surface area contributed by atoms with Gasteiger partial charge in [-0.2, -0.15) is 4.57 Å². The third-order valence-electron chi connectivity index (χ3n) is 2.87. The fourth-order valence-electron chi connectivity index (χ4n) is 1.88. The lowest BCUT2D eigenvalue weighted by Gasteiger charge is -2.08. The van der Waals surface area contributed by atoms with Gasteiger partial charge in [-0.05, 0) is 30.9 Å². The maximum absolute atomic E-state index is 12.7. The van der Waals surface area contributed by atoms with Crippen molar-refractivity contribution in [2.24, 2.45) is 0 Å². The summed E-state index contributed by atoms with van der Waals surface area (Å²) in [5, 5.41) is 0. The minimum atomic E-state index is -0.481. The van der Waals surface area contributed by atoms with Gasteiger partial charge in [-0.1, -0.05) is 13.8 Å². The van der Waals surface area contributed by atoms with Crippen molar-refractivity contribution in [3.05, 3.63) is 34.3 Å². The molecule has 0 amide bonds. The molecule has 1 aromatic rings. The van der Waals surface area contributed by atoms with Gasteiger partial charge in [0.15, 0.2) is 12.4 Å². The lowest BCUT2D eigenvalue weighted by molar-refractivity contribution is -0.577. The first-order valence-electron chi connectivity index (χ1n) is 7.70. The molecule has 1 rings (SSSR count). The fourth-order valence-corrected chi connectivity index (χ4v) is 4.16. The van der Waals surface area contributed by atoms with E-state index >= 15 is 0 Å². The van der Waals surface area contributed by atoms with E-state index in [4.69, 9.17) is 4.74 Å². The summed E-state index contributed by atoms with van der Waals surface area (Å²) in [6.07, 6.45) is 3.49. The Bertz CT molecular complexity index is 566. The number of Topliss-reactive ketones (excluding diaryl/α,β-unsaturated/α-hetero) is 1. The van der Waals surface area contributed by atoms with Crippen LogP contribution in [0.25, 0.3) is 5.70 Å². The van der Waals surface area contributed by atoms with E-state index in [1.165, 1.54) is 0 Å². The van der Waals surface area contributed by atoms with Crippen LogP contribution in [0.1, 0.15) is 32.8 Å². The zero-order valence-electron chi connectivity index (χ0n) is 14.5. The Morgan fingerprint density at radius 3 is 2.08 bits per heavy atom. The number of halogens is 1. The second-order valence-electron chi connectivity index (χ2n) is 4.69. The highest BCUT2D eigenvalue weighted by Crippen LogP contribution is 2.32. The number of hydrogen-bond acceptors (Lipinski definition) is 5. The van der Waals surface area contributed by atoms with Crippen LogP contribution in [0.4, 0.5) is 0 Å². The van der Waals surface area contributed by atoms with Gasteiger partial charge in [-0.15, -0.1) is 23.5 Å². The molecule has 4 nitrogen and oxygen atoms in total. The van der Waals surface area contributed by atoms with Crippen molar-refractivity contribution in [3.63, 3.8) is 0 Å². The average Bonchev–Trinajstić information content (AvgIpc) is 2.50. The van der Waals surface area contributed by atoms with Crippen molar-refractivity contribution < 1.29 is 42.9 Å². The van der Waals surface area contributed by atoms with Gasteiger partial charge >= 0.3 is 5.97 Å². The molecule has 0 radical (unpaired) electrons. The molecule has 0 saturated heterocycles. The summed E-state index contributed by atoms with van der Waals surface area (Å²) in [6, 6.07) is 3.89. The van der Waals surface area contributed by atoms with Gasteiger partial charge in [-0.25, -0.2) is 0 Å². The van der Waals surface area contributed by atoms with E-state index in [-0.39, 0.29) is 42.8 Å². The maximum atomic E-state index is 12.7. The fraction of sp³-hybridized carbons (Fsp3) is 0.471. The largest absolute Gasteiger partial charge is 1.00 e. The molecule has 0 unspecified atom stereocenters. The Morgan fingerprint density at radius 1 is 1.08 bits per heavy atom. The zero-order chi connectivity index (χ0) is 17.2. The van der Waals surface area contributed by atoms with E-state index < -0.39 is 5.97 Å². The SMILES string of the molecule is CCOC(=O)CC(=O)C(=C(SCC)SCC)[n+]1ccc(C)cc1.[I-]. The zero-order valence-corrected chi connectivity index (χ0v) is 18.3. The molecule has 0 saturated carbocycles. The second kappa shape index (κ2) is 12.8. The molecule has 1 heterocycles. The number of pyridine rings is 1. The number of thioether (sulfide) groups is 2. The third-order valence-corrected chi connectivity index (χ3v) is 5.07. The molecular weight excluding hydrogens is 457 g/mol. The summed E-state index contributed by atoms with van der Waals surface area (Å²) in [7, 11) is 0. The number of ether oxygens (including phenoxy) is 1. The molecule has 1 aromatic heterocycles. The van der Waals surface area contributed by atoms with E-state index in [9.17, 15) is 9.59 Å². The van der Waals surface area contributed by atoms with Crippen molar-refractivity contribution in [2.75, 3.05) is 18.1 Å². The topological polar surface area (TPSA) is 47.3 Å². The molecule has 0 spiro atoms. The molecule has 0 N–H and O–H groups in total. The van der Waals surface area contributed by atoms with Crippen LogP contribution >= 0.6 is 23.5 Å². The van der Waals surface area contributed by atoms with Crippen LogP contribution < -0.4 is 28.5 Å². The number of carbonyl (C=O) groups excluding carboxylic acids is 2. The summed E-state index contributed by atoms with van der Waals surface area (Å²) >= 11 is 3.25. The predicted molar refractivity (Wildman–Crippen MR) is 97.1 cm³/mol. The van der Waals surface area contributed by atoms with E-state index in [1.54, 1.807) is 35.0 Å². The smallest absolute Gasteiger partial charge is 0.313 e. The summed E-state index contributed by atoms with van der Waals surface area (Å²) in [5.74, 6) is 1.04. The number of aryl methyl sites for hydroxylation is 1. The first kappa shape index (κ1) is 23.5. The standard InChI is InChI=1S/C17H24NO3S2.HI/c1-5-21-15(20)12-14(19)16(17(22-6-2)23-7-3)18-10-8-13(4)9-11-18;/h8-11H,5-7,12H2,1-4H3;1H/q+1;/p-1. The second-order valence-corrected chi connectivity index (χ2v) is 7.50. The normalized spacial score (nSPS) is 9.83. The van der Waals surface area contributed by atoms with Gasteiger partial charge in [0.1, 0.15) is 10.7 Å². The summed E-state index contributed by atoms with van der Waals surface area (Å²) < 4.78 is 7.66. The van der Waals surface area contributed by atoms with Crippen LogP contribution in [0.2, 0.25) is 0 Å². The van der Waals surface area contributed by atoms with Gasteiger partial charge in [0.05, 0.1) is 6.61 Å². The van der Waals surface area contributed by atoms with E-state index in [1.807, 2.05) is 45.3 Å². The summed E-state index contributed by atoms with van der Waals surface area (Å²) in [6.45, 7) is 8.11. The molecule has 0 aliphatic rings. The highest BCUT2D eigenvalue weighted by atomic mass is 127. The van der Waals surface area contributed by atoms with Crippen LogP contribution in [0.15, 0.2) is 28.8 Å². The highest BCUT2D eigenvalue weighted by Gasteiger charge is 2.28. The Kier molecular flexibility index (Phi) is 12.5. The lowest BCUT2D eigenvalue weighted by Crippen LogP contribution is -3.00. The average molecular weight is 481 g/mol. The van der Waals surface area contributed by atoms with Crippen LogP contribution in [0.5, 0.6) is 0 Å². The monoisotopic (exact) mass is 481 g/mol. The Hall–Kier alpha value is -0.540. The summed E-state index contributed by atoms with van der Waals surface area (Å²) in [4.78, 5) is 24.4. The van der Waals surface area contributed by atoms with Gasteiger partial charge in [0, 0.05) is 12.1 Å². The van der Waals surface area contributed by atoms with Crippen LogP contribution in [-0.4, -0.2) is 29.9 Å². The Balaban J connectivity index is 0.00000529. The molecule has 0 aromatic carbocycles. The number of rotatable bonds is 9. The van der Waals surface area contributed by atoms with Gasteiger partial charge in [-0.3, -0.25) is 9.59 Å². The van der Waals surface area contributed by atoms with Gasteiger partial charge < -0.3 is 28.7 Å². The number of nitrogens with zero attached hydrogens (tertiary/aromatic N) is 1. The predicted octanol–water partition coefficient (Wildman–Crippen LogP) is 0.441. The number of allylic oxidation sites excluding steroid dienone is 1. The maximum Gasteiger partial charge on any atom is 0.313 e. The number of hydrogen-bond donors (Lipinski definition) is 0. The number of esters is 1. The van der Waals surface area contributed by atoms with Gasteiger partial charge in [0.2, 0.25) is 5.78 Å². The summed E-state index contributed by atoms with van der Waals surface area (Å²) in [5.41, 5.74) is 1.67. The minimum absolute atomic E-state index is 0.